The minimum Gasteiger partial charge on any atom is -0.481 e. The normalized spacial score (nSPS) is 15.2. The van der Waals surface area contributed by atoms with Crippen molar-refractivity contribution in [2.24, 2.45) is 0 Å². The molecule has 0 aromatic carbocycles. The quantitative estimate of drug-likeness (QED) is 0.0506. The van der Waals surface area contributed by atoms with E-state index in [4.69, 9.17) is 18.9 Å². The first-order valence-corrected chi connectivity index (χ1v) is 16.9. The van der Waals surface area contributed by atoms with E-state index >= 15 is 0 Å². The third-order valence-electron chi connectivity index (χ3n) is 6.82. The highest BCUT2D eigenvalue weighted by Crippen LogP contribution is 2.43. The van der Waals surface area contributed by atoms with Crippen molar-refractivity contribution in [2.75, 3.05) is 47.5 Å². The Kier molecular flexibility index (Phi) is 23.8. The number of phosphoric acid groups is 1. The molecule has 9 nitrogen and oxygen atoms in total. The Morgan fingerprint density at radius 2 is 1.28 bits per heavy atom. The van der Waals surface area contributed by atoms with Crippen molar-refractivity contribution in [1.29, 1.82) is 0 Å². The van der Waals surface area contributed by atoms with Crippen LogP contribution in [0.25, 0.3) is 0 Å². The van der Waals surface area contributed by atoms with Crippen LogP contribution in [0.1, 0.15) is 122 Å². The lowest BCUT2D eigenvalue weighted by Crippen LogP contribution is -2.37. The van der Waals surface area contributed by atoms with Crippen LogP contribution in [0.15, 0.2) is 0 Å². The van der Waals surface area contributed by atoms with Crippen molar-refractivity contribution in [2.45, 2.75) is 135 Å². The van der Waals surface area contributed by atoms with Gasteiger partial charge in [0.2, 0.25) is 0 Å². The van der Waals surface area contributed by atoms with E-state index in [1.165, 1.54) is 70.6 Å². The van der Waals surface area contributed by atoms with Crippen molar-refractivity contribution in [1.82, 2.24) is 0 Å². The number of carboxylic acid groups (broad SMARTS) is 1. The molecule has 0 aliphatic carbocycles. The first-order valence-electron chi connectivity index (χ1n) is 15.4. The maximum atomic E-state index is 12.3. The van der Waals surface area contributed by atoms with Gasteiger partial charge in [0, 0.05) is 13.0 Å². The van der Waals surface area contributed by atoms with E-state index in [2.05, 4.69) is 6.92 Å². The second kappa shape index (κ2) is 24.1. The fourth-order valence-corrected chi connectivity index (χ4v) is 4.97. The summed E-state index contributed by atoms with van der Waals surface area (Å²) in [5.74, 6) is -0.861. The third kappa shape index (κ3) is 27.4. The van der Waals surface area contributed by atoms with Gasteiger partial charge >= 0.3 is 13.8 Å². The summed E-state index contributed by atoms with van der Waals surface area (Å²) >= 11 is 0. The minimum atomic E-state index is -4.27. The molecule has 0 rings (SSSR count). The van der Waals surface area contributed by atoms with Crippen LogP contribution in [-0.2, 0) is 23.1 Å². The highest BCUT2D eigenvalue weighted by atomic mass is 31.2. The second-order valence-corrected chi connectivity index (χ2v) is 13.3. The molecule has 0 aliphatic rings. The molecule has 234 valence electrons. The number of carboxylic acids is 1. The van der Waals surface area contributed by atoms with E-state index in [0.29, 0.717) is 30.3 Å². The van der Waals surface area contributed by atoms with Crippen LogP contribution in [0.3, 0.4) is 0 Å². The molecule has 0 fully saturated rings. The Bertz CT molecular complexity index is 629. The first kappa shape index (κ1) is 38.5. The van der Waals surface area contributed by atoms with Gasteiger partial charge in [-0.3, -0.25) is 13.8 Å². The average molecular weight is 583 g/mol. The molecule has 0 aromatic heterocycles. The predicted octanol–water partition coefficient (Wildman–Crippen LogP) is 6.70. The van der Waals surface area contributed by atoms with Crippen LogP contribution in [-0.4, -0.2) is 85.3 Å². The Morgan fingerprint density at radius 3 is 1.77 bits per heavy atom. The standard InChI is InChI=1S/C29H60NO8P/c1-5-6-7-8-9-10-11-12-13-14-15-16-17-18-21-27(31)28(36-24-20-19-22-29(32)33)26-38-39(34,35)37-25-23-30(2,3)4/h27-28,31H,5-26H2,1-4H3,(H-,32,33,34,35)/p+1. The average Bonchev–Trinajstić information content (AvgIpc) is 2.84. The summed E-state index contributed by atoms with van der Waals surface area (Å²) in [5, 5.41) is 19.5. The smallest absolute Gasteiger partial charge is 0.472 e. The topological polar surface area (TPSA) is 123 Å². The van der Waals surface area contributed by atoms with Gasteiger partial charge in [0.1, 0.15) is 19.3 Å². The number of likely N-dealkylation sites (N-methyl/N-ethyl adjacent to an activating group) is 1. The van der Waals surface area contributed by atoms with Crippen molar-refractivity contribution < 1.29 is 42.7 Å². The number of hydrogen-bond acceptors (Lipinski definition) is 6. The lowest BCUT2D eigenvalue weighted by Gasteiger charge is -2.26. The summed E-state index contributed by atoms with van der Waals surface area (Å²) in [7, 11) is 1.59. The van der Waals surface area contributed by atoms with Gasteiger partial charge in [-0.1, -0.05) is 96.8 Å². The summed E-state index contributed by atoms with van der Waals surface area (Å²) in [4.78, 5) is 20.7. The van der Waals surface area contributed by atoms with Crippen LogP contribution < -0.4 is 0 Å². The number of unbranched alkanes of at least 4 members (excludes halogenated alkanes) is 14. The zero-order valence-corrected chi connectivity index (χ0v) is 26.4. The fraction of sp³-hybridized carbons (Fsp3) is 0.966. The summed E-state index contributed by atoms with van der Waals surface area (Å²) in [6.07, 6.45) is 17.5. The van der Waals surface area contributed by atoms with E-state index < -0.39 is 26.0 Å². The Morgan fingerprint density at radius 1 is 0.769 bits per heavy atom. The van der Waals surface area contributed by atoms with Crippen molar-refractivity contribution in [3.05, 3.63) is 0 Å². The molecular weight excluding hydrogens is 521 g/mol. The van der Waals surface area contributed by atoms with E-state index in [9.17, 15) is 19.4 Å². The fourth-order valence-electron chi connectivity index (χ4n) is 4.25. The van der Waals surface area contributed by atoms with Gasteiger partial charge in [-0.05, 0) is 19.3 Å². The predicted molar refractivity (Wildman–Crippen MR) is 157 cm³/mol. The van der Waals surface area contributed by atoms with Crippen LogP contribution in [0.5, 0.6) is 0 Å². The van der Waals surface area contributed by atoms with E-state index in [1.54, 1.807) is 0 Å². The van der Waals surface area contributed by atoms with Crippen LogP contribution in [0, 0.1) is 0 Å². The molecule has 3 atom stereocenters. The van der Waals surface area contributed by atoms with Crippen molar-refractivity contribution in [3.8, 4) is 0 Å². The van der Waals surface area contributed by atoms with Gasteiger partial charge in [0.25, 0.3) is 0 Å². The number of ether oxygens (including phenoxy) is 1. The van der Waals surface area contributed by atoms with Crippen molar-refractivity contribution >= 4 is 13.8 Å². The van der Waals surface area contributed by atoms with Gasteiger partial charge in [-0.15, -0.1) is 0 Å². The largest absolute Gasteiger partial charge is 0.481 e. The van der Waals surface area contributed by atoms with E-state index in [1.807, 2.05) is 21.1 Å². The SMILES string of the molecule is CCCCCCCCCCCCCCCCC(O)C(COP(=O)(O)OCC[N+](C)(C)C)OCCCCC(=O)O. The number of hydrogen-bond donors (Lipinski definition) is 3. The molecule has 3 unspecified atom stereocenters. The minimum absolute atomic E-state index is 0.0537. The van der Waals surface area contributed by atoms with Gasteiger partial charge < -0.3 is 24.3 Å². The molecule has 39 heavy (non-hydrogen) atoms. The van der Waals surface area contributed by atoms with Gasteiger partial charge in [-0.25, -0.2) is 4.57 Å². The summed E-state index contributed by atoms with van der Waals surface area (Å²) in [5.41, 5.74) is 0. The molecule has 0 aliphatic heterocycles. The van der Waals surface area contributed by atoms with Gasteiger partial charge in [0.15, 0.2) is 0 Å². The highest BCUT2D eigenvalue weighted by molar-refractivity contribution is 7.47. The lowest BCUT2D eigenvalue weighted by atomic mass is 10.0. The third-order valence-corrected chi connectivity index (χ3v) is 7.80. The number of aliphatic carboxylic acids is 1. The summed E-state index contributed by atoms with van der Waals surface area (Å²) < 4.78 is 28.8. The van der Waals surface area contributed by atoms with Crippen molar-refractivity contribution in [3.63, 3.8) is 0 Å². The Labute approximate surface area is 238 Å². The maximum Gasteiger partial charge on any atom is 0.472 e. The monoisotopic (exact) mass is 582 g/mol. The molecule has 10 heteroatoms. The maximum absolute atomic E-state index is 12.3. The summed E-state index contributed by atoms with van der Waals surface area (Å²) in [6, 6.07) is 0. The number of aliphatic hydroxyl groups is 1. The van der Waals surface area contributed by atoms with E-state index in [-0.39, 0.29) is 26.2 Å². The Hall–Kier alpha value is -0.540. The molecular formula is C29H61NO8P+. The number of rotatable bonds is 29. The molecule has 0 saturated heterocycles. The highest BCUT2D eigenvalue weighted by Gasteiger charge is 2.28. The lowest BCUT2D eigenvalue weighted by molar-refractivity contribution is -0.870. The molecule has 3 N–H and O–H groups in total. The second-order valence-electron chi connectivity index (χ2n) is 11.8. The van der Waals surface area contributed by atoms with Crippen LogP contribution >= 0.6 is 7.82 Å². The molecule has 0 bridgehead atoms. The number of phosphoric ester groups is 1. The molecule has 0 saturated carbocycles. The Balaban J connectivity index is 4.23. The molecule has 0 spiro atoms. The van der Waals surface area contributed by atoms with Crippen LogP contribution in [0.2, 0.25) is 0 Å². The molecule has 0 amide bonds. The molecule has 0 heterocycles. The van der Waals surface area contributed by atoms with Gasteiger partial charge in [-0.2, -0.15) is 0 Å². The molecule has 0 radical (unpaired) electrons. The number of carbonyl (C=O) groups is 1. The molecule has 0 aromatic rings. The first-order chi connectivity index (χ1) is 18.5. The number of quaternary nitrogens is 1. The van der Waals surface area contributed by atoms with Gasteiger partial charge in [0.05, 0.1) is 33.9 Å². The number of nitrogens with zero attached hydrogens (tertiary/aromatic N) is 1. The number of aliphatic hydroxyl groups excluding tert-OH is 1. The van der Waals surface area contributed by atoms with Crippen LogP contribution in [0.4, 0.5) is 0 Å². The zero-order valence-electron chi connectivity index (χ0n) is 25.5. The van der Waals surface area contributed by atoms with E-state index in [0.717, 1.165) is 19.3 Å². The zero-order chi connectivity index (χ0) is 29.4. The summed E-state index contributed by atoms with van der Waals surface area (Å²) in [6.45, 7) is 2.84.